The highest BCUT2D eigenvalue weighted by molar-refractivity contribution is 7.92. The Morgan fingerprint density at radius 1 is 0.879 bits per heavy atom. The molecule has 1 atom stereocenters. The molecular weight excluding hydrogens is 442 g/mol. The van der Waals surface area contributed by atoms with Crippen LogP contribution in [0.3, 0.4) is 0 Å². The standard InChI is InChI=1S/C24H25N3O5S/c1-16(17-9-5-4-6-10-17)26-24(29)19-11-7-8-12-21(19)27-33(30,31)18-13-14-22(32-3)20(15-18)23(28)25-2/h4-16,27H,1-3H3,(H,25,28)(H,26,29)/t16-/m0/s1. The summed E-state index contributed by atoms with van der Waals surface area (Å²) in [5.41, 5.74) is 1.28. The van der Waals surface area contributed by atoms with E-state index in [1.807, 2.05) is 37.3 Å². The van der Waals surface area contributed by atoms with Gasteiger partial charge in [0.1, 0.15) is 5.75 Å². The number of nitrogens with one attached hydrogen (secondary N) is 3. The Hall–Kier alpha value is -3.85. The fraction of sp³-hybridized carbons (Fsp3) is 0.167. The molecule has 0 unspecified atom stereocenters. The van der Waals surface area contributed by atoms with E-state index in [4.69, 9.17) is 4.74 Å². The number of benzene rings is 3. The summed E-state index contributed by atoms with van der Waals surface area (Å²) in [6.07, 6.45) is 0. The molecule has 2 amide bonds. The first-order chi connectivity index (χ1) is 15.8. The van der Waals surface area contributed by atoms with E-state index in [-0.39, 0.29) is 33.5 Å². The third kappa shape index (κ3) is 5.50. The summed E-state index contributed by atoms with van der Waals surface area (Å²) in [6.45, 7) is 1.84. The van der Waals surface area contributed by atoms with Crippen LogP contribution in [0.2, 0.25) is 0 Å². The van der Waals surface area contributed by atoms with Crippen LogP contribution in [-0.4, -0.2) is 34.4 Å². The molecule has 3 N–H and O–H groups in total. The number of carbonyl (C=O) groups is 2. The molecule has 172 valence electrons. The number of para-hydroxylation sites is 1. The zero-order chi connectivity index (χ0) is 24.0. The molecule has 0 spiro atoms. The highest BCUT2D eigenvalue weighted by Gasteiger charge is 2.22. The molecule has 3 aromatic rings. The van der Waals surface area contributed by atoms with Crippen molar-refractivity contribution in [2.75, 3.05) is 18.9 Å². The summed E-state index contributed by atoms with van der Waals surface area (Å²) in [5, 5.41) is 5.33. The Bertz CT molecular complexity index is 1260. The van der Waals surface area contributed by atoms with Gasteiger partial charge in [-0.2, -0.15) is 0 Å². The van der Waals surface area contributed by atoms with Crippen molar-refractivity contribution in [2.45, 2.75) is 17.9 Å². The van der Waals surface area contributed by atoms with Crippen LogP contribution in [-0.2, 0) is 10.0 Å². The van der Waals surface area contributed by atoms with Crippen LogP contribution in [0.1, 0.15) is 39.2 Å². The molecule has 0 saturated carbocycles. The van der Waals surface area contributed by atoms with Gasteiger partial charge in [0.2, 0.25) is 0 Å². The zero-order valence-electron chi connectivity index (χ0n) is 18.5. The minimum atomic E-state index is -4.10. The Morgan fingerprint density at radius 2 is 1.55 bits per heavy atom. The second-order valence-corrected chi connectivity index (χ2v) is 8.88. The van der Waals surface area contributed by atoms with Crippen molar-refractivity contribution >= 4 is 27.5 Å². The lowest BCUT2D eigenvalue weighted by Gasteiger charge is -2.17. The van der Waals surface area contributed by atoms with E-state index < -0.39 is 21.8 Å². The largest absolute Gasteiger partial charge is 0.496 e. The summed E-state index contributed by atoms with van der Waals surface area (Å²) in [4.78, 5) is 24.9. The third-order valence-electron chi connectivity index (χ3n) is 5.02. The summed E-state index contributed by atoms with van der Waals surface area (Å²) in [7, 11) is -1.28. The fourth-order valence-corrected chi connectivity index (χ4v) is 4.35. The van der Waals surface area contributed by atoms with Crippen molar-refractivity contribution in [3.8, 4) is 5.75 Å². The lowest BCUT2D eigenvalue weighted by atomic mass is 10.1. The molecule has 0 aliphatic heterocycles. The number of sulfonamides is 1. The SMILES string of the molecule is CNC(=O)c1cc(S(=O)(=O)Nc2ccccc2C(=O)N[C@@H](C)c2ccccc2)ccc1OC. The lowest BCUT2D eigenvalue weighted by molar-refractivity contribution is 0.0937. The summed E-state index contributed by atoms with van der Waals surface area (Å²) in [6, 6.07) is 19.4. The van der Waals surface area contributed by atoms with Gasteiger partial charge in [-0.25, -0.2) is 8.42 Å². The molecule has 9 heteroatoms. The second kappa shape index (κ2) is 10.2. The Morgan fingerprint density at radius 3 is 2.21 bits per heavy atom. The van der Waals surface area contributed by atoms with Gasteiger partial charge in [0.15, 0.2) is 0 Å². The van der Waals surface area contributed by atoms with Gasteiger partial charge in [-0.3, -0.25) is 14.3 Å². The molecule has 33 heavy (non-hydrogen) atoms. The molecular formula is C24H25N3O5S. The first kappa shape index (κ1) is 23.8. The van der Waals surface area contributed by atoms with Crippen molar-refractivity contribution in [3.05, 3.63) is 89.5 Å². The van der Waals surface area contributed by atoms with Crippen molar-refractivity contribution in [1.82, 2.24) is 10.6 Å². The van der Waals surface area contributed by atoms with E-state index in [2.05, 4.69) is 15.4 Å². The van der Waals surface area contributed by atoms with Gasteiger partial charge in [0.05, 0.1) is 34.9 Å². The molecule has 0 heterocycles. The molecule has 3 aromatic carbocycles. The predicted molar refractivity (Wildman–Crippen MR) is 126 cm³/mol. The number of hydrogen-bond donors (Lipinski definition) is 3. The second-order valence-electron chi connectivity index (χ2n) is 7.20. The van der Waals surface area contributed by atoms with E-state index in [1.165, 1.54) is 44.5 Å². The molecule has 0 fully saturated rings. The monoisotopic (exact) mass is 467 g/mol. The lowest BCUT2D eigenvalue weighted by Crippen LogP contribution is -2.28. The number of methoxy groups -OCH3 is 1. The Balaban J connectivity index is 1.88. The quantitative estimate of drug-likeness (QED) is 0.470. The van der Waals surface area contributed by atoms with Gasteiger partial charge in [-0.05, 0) is 42.8 Å². The van der Waals surface area contributed by atoms with Crippen LogP contribution in [0.5, 0.6) is 5.75 Å². The number of carbonyl (C=O) groups excluding carboxylic acids is 2. The van der Waals surface area contributed by atoms with Crippen LogP contribution < -0.4 is 20.1 Å². The smallest absolute Gasteiger partial charge is 0.261 e. The minimum Gasteiger partial charge on any atom is -0.496 e. The number of anilines is 1. The summed E-state index contributed by atoms with van der Waals surface area (Å²) < 4.78 is 33.7. The number of hydrogen-bond acceptors (Lipinski definition) is 5. The summed E-state index contributed by atoms with van der Waals surface area (Å²) >= 11 is 0. The minimum absolute atomic E-state index is 0.0746. The average molecular weight is 468 g/mol. The molecule has 0 saturated heterocycles. The molecule has 0 aromatic heterocycles. The number of ether oxygens (including phenoxy) is 1. The molecule has 0 aliphatic rings. The van der Waals surface area contributed by atoms with Gasteiger partial charge >= 0.3 is 0 Å². The van der Waals surface area contributed by atoms with Crippen molar-refractivity contribution in [2.24, 2.45) is 0 Å². The topological polar surface area (TPSA) is 114 Å². The Labute approximate surface area is 193 Å². The number of amides is 2. The third-order valence-corrected chi connectivity index (χ3v) is 6.38. The van der Waals surface area contributed by atoms with Crippen LogP contribution in [0.4, 0.5) is 5.69 Å². The van der Waals surface area contributed by atoms with Crippen molar-refractivity contribution in [1.29, 1.82) is 0 Å². The van der Waals surface area contributed by atoms with E-state index in [0.717, 1.165) is 5.56 Å². The van der Waals surface area contributed by atoms with Gasteiger partial charge in [0, 0.05) is 7.05 Å². The molecule has 3 rings (SSSR count). The number of rotatable bonds is 8. The zero-order valence-corrected chi connectivity index (χ0v) is 19.3. The highest BCUT2D eigenvalue weighted by atomic mass is 32.2. The molecule has 0 bridgehead atoms. The molecule has 0 radical (unpaired) electrons. The van der Waals surface area contributed by atoms with Crippen LogP contribution in [0.25, 0.3) is 0 Å². The maximum Gasteiger partial charge on any atom is 0.261 e. The van der Waals surface area contributed by atoms with Crippen LogP contribution in [0.15, 0.2) is 77.7 Å². The van der Waals surface area contributed by atoms with E-state index in [1.54, 1.807) is 12.1 Å². The first-order valence-corrected chi connectivity index (χ1v) is 11.6. The van der Waals surface area contributed by atoms with Crippen LogP contribution in [0, 0.1) is 0 Å². The highest BCUT2D eigenvalue weighted by Crippen LogP contribution is 2.26. The van der Waals surface area contributed by atoms with Crippen molar-refractivity contribution in [3.63, 3.8) is 0 Å². The first-order valence-electron chi connectivity index (χ1n) is 10.1. The predicted octanol–water partition coefficient (Wildman–Crippen LogP) is 3.35. The van der Waals surface area contributed by atoms with E-state index in [0.29, 0.717) is 0 Å². The van der Waals surface area contributed by atoms with Gasteiger partial charge in [-0.15, -0.1) is 0 Å². The van der Waals surface area contributed by atoms with Crippen LogP contribution >= 0.6 is 0 Å². The maximum atomic E-state index is 13.1. The fourth-order valence-electron chi connectivity index (χ4n) is 3.24. The molecule has 8 nitrogen and oxygen atoms in total. The van der Waals surface area contributed by atoms with Crippen molar-refractivity contribution < 1.29 is 22.7 Å². The van der Waals surface area contributed by atoms with Gasteiger partial charge in [0.25, 0.3) is 21.8 Å². The van der Waals surface area contributed by atoms with E-state index in [9.17, 15) is 18.0 Å². The summed E-state index contributed by atoms with van der Waals surface area (Å²) in [5.74, 6) is -0.674. The van der Waals surface area contributed by atoms with E-state index >= 15 is 0 Å². The molecule has 0 aliphatic carbocycles. The van der Waals surface area contributed by atoms with Gasteiger partial charge in [-0.1, -0.05) is 42.5 Å². The average Bonchev–Trinajstić information content (AvgIpc) is 2.83. The normalized spacial score (nSPS) is 11.8. The Kier molecular flexibility index (Phi) is 7.34. The maximum absolute atomic E-state index is 13.1. The van der Waals surface area contributed by atoms with Gasteiger partial charge < -0.3 is 15.4 Å².